The van der Waals surface area contributed by atoms with Crippen molar-refractivity contribution in [2.24, 2.45) is 0 Å². The van der Waals surface area contributed by atoms with Crippen molar-refractivity contribution in [2.45, 2.75) is 20.0 Å². The van der Waals surface area contributed by atoms with Crippen LogP contribution in [0.4, 0.5) is 5.69 Å². The van der Waals surface area contributed by atoms with Crippen molar-refractivity contribution in [3.8, 4) is 11.1 Å². The average Bonchev–Trinajstić information content (AvgIpc) is 2.67. The van der Waals surface area contributed by atoms with Gasteiger partial charge in [0.25, 0.3) is 5.91 Å². The van der Waals surface area contributed by atoms with Crippen molar-refractivity contribution >= 4 is 23.5 Å². The number of benzene rings is 2. The molecule has 0 saturated heterocycles. The highest BCUT2D eigenvalue weighted by Crippen LogP contribution is 2.27. The molecule has 0 aromatic heterocycles. The predicted molar refractivity (Wildman–Crippen MR) is 102 cm³/mol. The van der Waals surface area contributed by atoms with Crippen LogP contribution >= 0.6 is 0 Å². The topological polar surface area (TPSA) is 81.7 Å². The number of amides is 1. The Bertz CT molecular complexity index is 829. The van der Waals surface area contributed by atoms with Gasteiger partial charge in [0.1, 0.15) is 0 Å². The highest BCUT2D eigenvalue weighted by Gasteiger charge is 2.18. The van der Waals surface area contributed by atoms with Gasteiger partial charge in [0.15, 0.2) is 6.10 Å². The molecule has 0 bridgehead atoms. The molecule has 0 aliphatic heterocycles. The number of carbonyl (C=O) groups is 3. The lowest BCUT2D eigenvalue weighted by atomic mass is 10.0. The van der Waals surface area contributed by atoms with Crippen LogP contribution in [0.2, 0.25) is 0 Å². The molecule has 0 spiro atoms. The molecule has 140 valence electrons. The van der Waals surface area contributed by atoms with E-state index in [9.17, 15) is 14.4 Å². The molecule has 0 fully saturated rings. The number of hydrogen-bond donors (Lipinski definition) is 1. The van der Waals surface area contributed by atoms with Crippen LogP contribution in [-0.4, -0.2) is 30.6 Å². The van der Waals surface area contributed by atoms with Gasteiger partial charge in [-0.2, -0.15) is 0 Å². The molecular weight excluding hydrogens is 346 g/mol. The zero-order valence-corrected chi connectivity index (χ0v) is 15.2. The summed E-state index contributed by atoms with van der Waals surface area (Å²) >= 11 is 0. The highest BCUT2D eigenvalue weighted by molar-refractivity contribution is 5.99. The average molecular weight is 367 g/mol. The van der Waals surface area contributed by atoms with Gasteiger partial charge in [0.05, 0.1) is 6.61 Å². The van der Waals surface area contributed by atoms with Crippen molar-refractivity contribution in [1.82, 2.24) is 0 Å². The van der Waals surface area contributed by atoms with Gasteiger partial charge in [-0.3, -0.25) is 4.79 Å². The van der Waals surface area contributed by atoms with E-state index >= 15 is 0 Å². The Labute approximate surface area is 157 Å². The van der Waals surface area contributed by atoms with Gasteiger partial charge in [-0.1, -0.05) is 48.5 Å². The van der Waals surface area contributed by atoms with Crippen molar-refractivity contribution in [2.75, 3.05) is 11.9 Å². The molecular formula is C21H21NO5. The molecule has 2 rings (SSSR count). The number of ether oxygens (including phenoxy) is 2. The number of anilines is 1. The lowest BCUT2D eigenvalue weighted by Crippen LogP contribution is -2.29. The molecule has 0 unspecified atom stereocenters. The third kappa shape index (κ3) is 6.11. The first kappa shape index (κ1) is 19.9. The fraction of sp³-hybridized carbons (Fsp3) is 0.190. The first-order valence-electron chi connectivity index (χ1n) is 8.52. The van der Waals surface area contributed by atoms with Crippen LogP contribution in [0, 0.1) is 0 Å². The number of carbonyl (C=O) groups excluding carboxylic acids is 3. The lowest BCUT2D eigenvalue weighted by Gasteiger charge is -2.15. The second kappa shape index (κ2) is 9.91. The maximum absolute atomic E-state index is 12.4. The number of hydrogen-bond acceptors (Lipinski definition) is 5. The number of nitrogens with one attached hydrogen (secondary N) is 1. The molecule has 1 N–H and O–H groups in total. The first-order chi connectivity index (χ1) is 13.0. The summed E-state index contributed by atoms with van der Waals surface area (Å²) in [6, 6.07) is 17.0. The minimum Gasteiger partial charge on any atom is -0.463 e. The van der Waals surface area contributed by atoms with Crippen LogP contribution in [0.1, 0.15) is 13.8 Å². The maximum Gasteiger partial charge on any atom is 0.331 e. The SMILES string of the molecule is CCOC(=O)/C=C/C(=O)O[C@@H](C)C(=O)Nc1ccccc1-c1ccccc1. The summed E-state index contributed by atoms with van der Waals surface area (Å²) in [7, 11) is 0. The largest absolute Gasteiger partial charge is 0.463 e. The fourth-order valence-electron chi connectivity index (χ4n) is 2.29. The summed E-state index contributed by atoms with van der Waals surface area (Å²) in [4.78, 5) is 35.3. The van der Waals surface area contributed by atoms with Crippen LogP contribution in [0.5, 0.6) is 0 Å². The molecule has 0 saturated carbocycles. The summed E-state index contributed by atoms with van der Waals surface area (Å²) < 4.78 is 9.68. The Hall–Kier alpha value is -3.41. The van der Waals surface area contributed by atoms with Gasteiger partial charge in [-0.25, -0.2) is 9.59 Å². The monoisotopic (exact) mass is 367 g/mol. The van der Waals surface area contributed by atoms with Crippen LogP contribution in [0.3, 0.4) is 0 Å². The van der Waals surface area contributed by atoms with Crippen molar-refractivity contribution in [1.29, 1.82) is 0 Å². The van der Waals surface area contributed by atoms with Gasteiger partial charge in [0.2, 0.25) is 0 Å². The van der Waals surface area contributed by atoms with E-state index in [0.717, 1.165) is 23.3 Å². The molecule has 6 nitrogen and oxygen atoms in total. The number of esters is 2. The number of rotatable bonds is 7. The van der Waals surface area contributed by atoms with Crippen LogP contribution < -0.4 is 5.32 Å². The van der Waals surface area contributed by atoms with E-state index < -0.39 is 23.9 Å². The van der Waals surface area contributed by atoms with E-state index in [1.54, 1.807) is 19.1 Å². The van der Waals surface area contributed by atoms with E-state index in [1.807, 2.05) is 42.5 Å². The molecule has 27 heavy (non-hydrogen) atoms. The molecule has 2 aromatic rings. The van der Waals surface area contributed by atoms with E-state index in [-0.39, 0.29) is 6.61 Å². The Morgan fingerprint density at radius 3 is 2.30 bits per heavy atom. The van der Waals surface area contributed by atoms with Crippen molar-refractivity contribution in [3.05, 3.63) is 66.7 Å². The molecule has 2 aromatic carbocycles. The quantitative estimate of drug-likeness (QED) is 0.599. The first-order valence-corrected chi connectivity index (χ1v) is 8.52. The third-order valence-corrected chi connectivity index (χ3v) is 3.57. The van der Waals surface area contributed by atoms with Gasteiger partial charge in [-0.05, 0) is 25.5 Å². The van der Waals surface area contributed by atoms with E-state index in [4.69, 9.17) is 4.74 Å². The zero-order chi connectivity index (χ0) is 19.6. The second-order valence-corrected chi connectivity index (χ2v) is 5.57. The molecule has 1 atom stereocenters. The second-order valence-electron chi connectivity index (χ2n) is 5.57. The van der Waals surface area contributed by atoms with Crippen molar-refractivity contribution < 1.29 is 23.9 Å². The highest BCUT2D eigenvalue weighted by atomic mass is 16.5. The molecule has 6 heteroatoms. The Morgan fingerprint density at radius 2 is 1.59 bits per heavy atom. The molecule has 0 aliphatic carbocycles. The summed E-state index contributed by atoms with van der Waals surface area (Å²) in [6.07, 6.45) is 0.856. The van der Waals surface area contributed by atoms with E-state index in [2.05, 4.69) is 10.1 Å². The van der Waals surface area contributed by atoms with Crippen LogP contribution in [-0.2, 0) is 23.9 Å². The smallest absolute Gasteiger partial charge is 0.331 e. The normalized spacial score (nSPS) is 11.6. The Kier molecular flexibility index (Phi) is 7.31. The minimum absolute atomic E-state index is 0.206. The van der Waals surface area contributed by atoms with E-state index in [1.165, 1.54) is 6.92 Å². The van der Waals surface area contributed by atoms with Gasteiger partial charge >= 0.3 is 11.9 Å². The molecule has 0 radical (unpaired) electrons. The predicted octanol–water partition coefficient (Wildman–Crippen LogP) is 3.34. The lowest BCUT2D eigenvalue weighted by molar-refractivity contribution is -0.148. The van der Waals surface area contributed by atoms with Gasteiger partial charge < -0.3 is 14.8 Å². The Balaban J connectivity index is 2.01. The maximum atomic E-state index is 12.4. The Morgan fingerprint density at radius 1 is 0.963 bits per heavy atom. The summed E-state index contributed by atoms with van der Waals surface area (Å²) in [6.45, 7) is 3.32. The zero-order valence-electron chi connectivity index (χ0n) is 15.2. The third-order valence-electron chi connectivity index (χ3n) is 3.57. The van der Waals surface area contributed by atoms with Gasteiger partial charge in [-0.15, -0.1) is 0 Å². The fourth-order valence-corrected chi connectivity index (χ4v) is 2.29. The van der Waals surface area contributed by atoms with Crippen LogP contribution in [0.15, 0.2) is 66.7 Å². The summed E-state index contributed by atoms with van der Waals surface area (Å²) in [5.41, 5.74) is 2.42. The minimum atomic E-state index is -1.03. The molecule has 0 aliphatic rings. The molecule has 1 amide bonds. The number of para-hydroxylation sites is 1. The summed E-state index contributed by atoms with van der Waals surface area (Å²) in [5, 5.41) is 2.77. The summed E-state index contributed by atoms with van der Waals surface area (Å²) in [5.74, 6) is -1.93. The molecule has 0 heterocycles. The van der Waals surface area contributed by atoms with E-state index in [0.29, 0.717) is 5.69 Å². The van der Waals surface area contributed by atoms with Crippen molar-refractivity contribution in [3.63, 3.8) is 0 Å². The van der Waals surface area contributed by atoms with Crippen LogP contribution in [0.25, 0.3) is 11.1 Å². The van der Waals surface area contributed by atoms with Gasteiger partial charge in [0, 0.05) is 23.4 Å². The standard InChI is InChI=1S/C21H21NO5/c1-3-26-19(23)13-14-20(24)27-15(2)21(25)22-18-12-8-7-11-17(18)16-9-5-4-6-10-16/h4-15H,3H2,1-2H3,(H,22,25)/b14-13+/t15-/m0/s1.